The van der Waals surface area contributed by atoms with Crippen molar-refractivity contribution in [3.63, 3.8) is 0 Å². The molecule has 1 aromatic carbocycles. The Labute approximate surface area is 166 Å². The fourth-order valence-electron chi connectivity index (χ4n) is 2.86. The average molecular weight is 398 g/mol. The predicted octanol–water partition coefficient (Wildman–Crippen LogP) is 3.14. The number of ether oxygens (including phenoxy) is 1. The van der Waals surface area contributed by atoms with Gasteiger partial charge in [0.15, 0.2) is 0 Å². The van der Waals surface area contributed by atoms with Gasteiger partial charge in [-0.3, -0.25) is 14.9 Å². The van der Waals surface area contributed by atoms with Gasteiger partial charge in [-0.15, -0.1) is 10.2 Å². The number of hydrogen-bond acceptors (Lipinski definition) is 6. The molecule has 8 heteroatoms. The third kappa shape index (κ3) is 4.64. The topological polar surface area (TPSA) is 97.0 Å². The van der Waals surface area contributed by atoms with Gasteiger partial charge >= 0.3 is 0 Å². The lowest BCUT2D eigenvalue weighted by molar-refractivity contribution is 0.102. The predicted molar refractivity (Wildman–Crippen MR) is 109 cm³/mol. The third-order valence-corrected chi connectivity index (χ3v) is 5.29. The van der Waals surface area contributed by atoms with E-state index in [1.807, 2.05) is 38.1 Å². The van der Waals surface area contributed by atoms with E-state index in [-0.39, 0.29) is 5.56 Å². The smallest absolute Gasteiger partial charge is 0.263 e. The fraction of sp³-hybridized carbons (Fsp3) is 0.300. The van der Waals surface area contributed by atoms with E-state index in [4.69, 9.17) is 4.74 Å². The van der Waals surface area contributed by atoms with E-state index in [9.17, 15) is 9.59 Å². The van der Waals surface area contributed by atoms with Crippen LogP contribution in [-0.2, 0) is 19.3 Å². The number of carbonyl (C=O) groups excluding carboxylic acids is 1. The standard InChI is InChI=1S/C20H22N4O3S/c1-4-16-12(2)10-15(18(25)21-16)19(26)22-20-24-23-17(28-20)9-8-13-6-5-7-14(11-13)27-3/h5-7,10-11H,4,8-9H2,1-3H3,(H,21,25)(H,22,24,26). The Balaban J connectivity index is 1.65. The second kappa shape index (κ2) is 8.79. The number of H-pyrrole nitrogens is 1. The van der Waals surface area contributed by atoms with Crippen LogP contribution >= 0.6 is 11.3 Å². The quantitative estimate of drug-likeness (QED) is 0.637. The first-order chi connectivity index (χ1) is 13.5. The van der Waals surface area contributed by atoms with Crippen LogP contribution in [0.4, 0.5) is 5.13 Å². The van der Waals surface area contributed by atoms with E-state index >= 15 is 0 Å². The van der Waals surface area contributed by atoms with Crippen molar-refractivity contribution in [2.45, 2.75) is 33.1 Å². The Morgan fingerprint density at radius 2 is 2.07 bits per heavy atom. The van der Waals surface area contributed by atoms with Crippen LogP contribution in [0.2, 0.25) is 0 Å². The monoisotopic (exact) mass is 398 g/mol. The normalized spacial score (nSPS) is 10.7. The number of aromatic nitrogens is 3. The second-order valence-electron chi connectivity index (χ2n) is 6.33. The maximum Gasteiger partial charge on any atom is 0.263 e. The van der Waals surface area contributed by atoms with Gasteiger partial charge in [0.2, 0.25) is 5.13 Å². The number of hydrogen-bond donors (Lipinski definition) is 2. The molecule has 0 saturated heterocycles. The molecule has 2 aromatic heterocycles. The molecule has 2 N–H and O–H groups in total. The summed E-state index contributed by atoms with van der Waals surface area (Å²) in [4.78, 5) is 27.3. The molecule has 0 aliphatic heterocycles. The molecule has 2 heterocycles. The molecular weight excluding hydrogens is 376 g/mol. The van der Waals surface area contributed by atoms with Gasteiger partial charge in [-0.2, -0.15) is 0 Å². The van der Waals surface area contributed by atoms with Crippen molar-refractivity contribution in [2.24, 2.45) is 0 Å². The summed E-state index contributed by atoms with van der Waals surface area (Å²) in [5, 5.41) is 12.0. The molecule has 28 heavy (non-hydrogen) atoms. The van der Waals surface area contributed by atoms with Gasteiger partial charge in [-0.05, 0) is 49.1 Å². The highest BCUT2D eigenvalue weighted by Crippen LogP contribution is 2.19. The molecule has 1 amide bonds. The molecule has 0 spiro atoms. The van der Waals surface area contributed by atoms with E-state index < -0.39 is 11.5 Å². The number of rotatable bonds is 7. The Morgan fingerprint density at radius 3 is 2.82 bits per heavy atom. The van der Waals surface area contributed by atoms with Crippen LogP contribution in [0.1, 0.15) is 39.1 Å². The van der Waals surface area contributed by atoms with E-state index in [1.54, 1.807) is 13.2 Å². The first kappa shape index (κ1) is 19.8. The van der Waals surface area contributed by atoms with Crippen molar-refractivity contribution in [3.8, 4) is 5.75 Å². The van der Waals surface area contributed by atoms with Crippen molar-refractivity contribution in [3.05, 3.63) is 68.1 Å². The summed E-state index contributed by atoms with van der Waals surface area (Å²) >= 11 is 1.31. The maximum absolute atomic E-state index is 12.4. The first-order valence-electron chi connectivity index (χ1n) is 8.99. The lowest BCUT2D eigenvalue weighted by atomic mass is 10.1. The summed E-state index contributed by atoms with van der Waals surface area (Å²) in [7, 11) is 1.64. The third-order valence-electron chi connectivity index (χ3n) is 4.39. The molecule has 0 atom stereocenters. The molecule has 3 aromatic rings. The summed E-state index contributed by atoms with van der Waals surface area (Å²) in [6.07, 6.45) is 2.19. The Morgan fingerprint density at radius 1 is 1.25 bits per heavy atom. The summed E-state index contributed by atoms with van der Waals surface area (Å²) in [6, 6.07) is 9.47. The molecule has 3 rings (SSSR count). The van der Waals surface area contributed by atoms with Gasteiger partial charge in [0.05, 0.1) is 7.11 Å². The zero-order valence-corrected chi connectivity index (χ0v) is 16.9. The molecule has 0 aliphatic carbocycles. The van der Waals surface area contributed by atoms with Crippen molar-refractivity contribution >= 4 is 22.4 Å². The Kier molecular flexibility index (Phi) is 6.20. The van der Waals surface area contributed by atoms with E-state index in [0.717, 1.165) is 34.0 Å². The highest BCUT2D eigenvalue weighted by Gasteiger charge is 2.15. The van der Waals surface area contributed by atoms with Crippen LogP contribution in [0.5, 0.6) is 5.75 Å². The summed E-state index contributed by atoms with van der Waals surface area (Å²) in [6.45, 7) is 3.82. The molecule has 0 radical (unpaired) electrons. The number of amides is 1. The van der Waals surface area contributed by atoms with Crippen molar-refractivity contribution in [2.75, 3.05) is 12.4 Å². The maximum atomic E-state index is 12.4. The Bertz CT molecular complexity index is 1040. The van der Waals surface area contributed by atoms with Gasteiger partial charge in [0, 0.05) is 12.1 Å². The molecule has 0 fully saturated rings. The molecular formula is C20H22N4O3S. The first-order valence-corrected chi connectivity index (χ1v) is 9.81. The lowest BCUT2D eigenvalue weighted by Crippen LogP contribution is -2.24. The number of nitrogens with one attached hydrogen (secondary N) is 2. The lowest BCUT2D eigenvalue weighted by Gasteiger charge is -2.06. The number of methoxy groups -OCH3 is 1. The van der Waals surface area contributed by atoms with Crippen LogP contribution in [-0.4, -0.2) is 28.2 Å². The van der Waals surface area contributed by atoms with Crippen LogP contribution in [0.3, 0.4) is 0 Å². The Hall–Kier alpha value is -3.00. The minimum absolute atomic E-state index is 0.0721. The van der Waals surface area contributed by atoms with E-state index in [1.165, 1.54) is 11.3 Å². The second-order valence-corrected chi connectivity index (χ2v) is 7.40. The molecule has 0 aliphatic rings. The van der Waals surface area contributed by atoms with Gasteiger partial charge in [-0.1, -0.05) is 30.4 Å². The van der Waals surface area contributed by atoms with Gasteiger partial charge < -0.3 is 9.72 Å². The van der Waals surface area contributed by atoms with Crippen molar-refractivity contribution < 1.29 is 9.53 Å². The van der Waals surface area contributed by atoms with Crippen molar-refractivity contribution in [1.29, 1.82) is 0 Å². The molecule has 0 bridgehead atoms. The average Bonchev–Trinajstić information content (AvgIpc) is 3.15. The van der Waals surface area contributed by atoms with Crippen LogP contribution in [0, 0.1) is 6.92 Å². The SMILES string of the molecule is CCc1[nH]c(=O)c(C(=O)Nc2nnc(CCc3cccc(OC)c3)s2)cc1C. The highest BCUT2D eigenvalue weighted by atomic mass is 32.1. The zero-order valence-electron chi connectivity index (χ0n) is 16.0. The van der Waals surface area contributed by atoms with Crippen molar-refractivity contribution in [1.82, 2.24) is 15.2 Å². The van der Waals surface area contributed by atoms with Crippen LogP contribution in [0.25, 0.3) is 0 Å². The van der Waals surface area contributed by atoms with E-state index in [2.05, 4.69) is 20.5 Å². The summed E-state index contributed by atoms with van der Waals surface area (Å²) in [5.74, 6) is 0.333. The number of anilines is 1. The van der Waals surface area contributed by atoms with E-state index in [0.29, 0.717) is 18.0 Å². The van der Waals surface area contributed by atoms with Gasteiger partial charge in [-0.25, -0.2) is 0 Å². The molecule has 0 saturated carbocycles. The molecule has 146 valence electrons. The minimum Gasteiger partial charge on any atom is -0.497 e. The largest absolute Gasteiger partial charge is 0.497 e. The number of carbonyl (C=O) groups is 1. The van der Waals surface area contributed by atoms with Gasteiger partial charge in [0.25, 0.3) is 11.5 Å². The number of aryl methyl sites for hydroxylation is 4. The van der Waals surface area contributed by atoms with Crippen LogP contribution < -0.4 is 15.6 Å². The van der Waals surface area contributed by atoms with Crippen LogP contribution in [0.15, 0.2) is 35.1 Å². The minimum atomic E-state index is -0.484. The summed E-state index contributed by atoms with van der Waals surface area (Å²) < 4.78 is 5.23. The molecule has 0 unspecified atom stereocenters. The number of pyridine rings is 1. The number of nitrogens with zero attached hydrogens (tertiary/aromatic N) is 2. The summed E-state index contributed by atoms with van der Waals surface area (Å²) in [5.41, 5.74) is 2.52. The van der Waals surface area contributed by atoms with Gasteiger partial charge in [0.1, 0.15) is 16.3 Å². The number of benzene rings is 1. The fourth-order valence-corrected chi connectivity index (χ4v) is 3.59. The zero-order chi connectivity index (χ0) is 20.1. The number of aromatic amines is 1. The highest BCUT2D eigenvalue weighted by molar-refractivity contribution is 7.15. The molecule has 7 nitrogen and oxygen atoms in total.